The second-order valence-electron chi connectivity index (χ2n) is 9.68. The van der Waals surface area contributed by atoms with Crippen LogP contribution in [0.25, 0.3) is 11.0 Å². The van der Waals surface area contributed by atoms with Crippen molar-refractivity contribution < 1.29 is 28.3 Å². The Kier molecular flexibility index (Phi) is 6.89. The molecule has 4 atom stereocenters. The number of carbonyl (C=O) groups excluding carboxylic acids is 3. The molecule has 8 nitrogen and oxygen atoms in total. The number of benzene rings is 1. The molecule has 1 N–H and O–H groups in total. The quantitative estimate of drug-likeness (QED) is 0.490. The van der Waals surface area contributed by atoms with Crippen molar-refractivity contribution in [3.8, 4) is 0 Å². The lowest BCUT2D eigenvalue weighted by Gasteiger charge is -2.38. The van der Waals surface area contributed by atoms with Gasteiger partial charge in [0.25, 0.3) is 0 Å². The molecule has 36 heavy (non-hydrogen) atoms. The topological polar surface area (TPSA) is 112 Å². The fourth-order valence-electron chi connectivity index (χ4n) is 5.05. The van der Waals surface area contributed by atoms with E-state index in [1.807, 2.05) is 19.9 Å². The molecule has 1 aliphatic heterocycles. The number of dihydropyridines is 1. The third-order valence-electron chi connectivity index (χ3n) is 7.11. The number of ketones is 1. The molecule has 4 rings (SSSR count). The standard InChI is InChI=1S/C28H31NO7/c1-7-15(4)36-28(33)22-16(5)29-19-11-14(3)21(27(32)34-6)26(31)24(19)23(22)18-12-35-20-9-8-13(2)10-17(20)25(18)30/h8-10,12,14-15,21,23,29H,7,11H2,1-6H3/t14-,15-,21-,23-/m1/s1. The lowest BCUT2D eigenvalue weighted by Crippen LogP contribution is -2.44. The van der Waals surface area contributed by atoms with Gasteiger partial charge in [0.2, 0.25) is 0 Å². The minimum atomic E-state index is -1.05. The minimum absolute atomic E-state index is 0.143. The van der Waals surface area contributed by atoms with Crippen LogP contribution < -0.4 is 10.7 Å². The van der Waals surface area contributed by atoms with E-state index in [2.05, 4.69) is 5.32 Å². The van der Waals surface area contributed by atoms with Crippen molar-refractivity contribution >= 4 is 28.7 Å². The Balaban J connectivity index is 1.97. The molecule has 1 aromatic heterocycles. The molecule has 0 unspecified atom stereocenters. The van der Waals surface area contributed by atoms with Crippen LogP contribution in [0.3, 0.4) is 0 Å². The molecule has 0 amide bonds. The van der Waals surface area contributed by atoms with Gasteiger partial charge in [0.15, 0.2) is 11.2 Å². The van der Waals surface area contributed by atoms with Gasteiger partial charge >= 0.3 is 11.9 Å². The average molecular weight is 494 g/mol. The number of hydrogen-bond acceptors (Lipinski definition) is 8. The third kappa shape index (κ3) is 4.25. The van der Waals surface area contributed by atoms with Crippen LogP contribution in [-0.4, -0.2) is 30.9 Å². The highest BCUT2D eigenvalue weighted by Gasteiger charge is 2.48. The van der Waals surface area contributed by atoms with Crippen LogP contribution in [0.1, 0.15) is 57.6 Å². The van der Waals surface area contributed by atoms with Crippen molar-refractivity contribution in [2.45, 2.75) is 59.5 Å². The first-order chi connectivity index (χ1) is 17.1. The van der Waals surface area contributed by atoms with Crippen LogP contribution in [0.5, 0.6) is 0 Å². The summed E-state index contributed by atoms with van der Waals surface area (Å²) in [5.41, 5.74) is 2.49. The number of Topliss-reactive ketones (excluding diaryl/α,β-unsaturated/α-hetero) is 1. The van der Waals surface area contributed by atoms with Crippen molar-refractivity contribution in [3.63, 3.8) is 0 Å². The van der Waals surface area contributed by atoms with E-state index in [9.17, 15) is 19.2 Å². The molecule has 1 aromatic carbocycles. The van der Waals surface area contributed by atoms with Crippen LogP contribution >= 0.6 is 0 Å². The van der Waals surface area contributed by atoms with E-state index in [1.165, 1.54) is 13.4 Å². The monoisotopic (exact) mass is 493 g/mol. The molecule has 190 valence electrons. The highest BCUT2D eigenvalue weighted by Crippen LogP contribution is 2.45. The second kappa shape index (κ2) is 9.76. The molecule has 0 bridgehead atoms. The first kappa shape index (κ1) is 25.4. The van der Waals surface area contributed by atoms with E-state index >= 15 is 0 Å². The molecule has 8 heteroatoms. The van der Waals surface area contributed by atoms with Crippen LogP contribution in [-0.2, 0) is 23.9 Å². The molecule has 2 aliphatic rings. The maximum Gasteiger partial charge on any atom is 0.337 e. The number of esters is 2. The summed E-state index contributed by atoms with van der Waals surface area (Å²) in [6.07, 6.45) is 1.92. The summed E-state index contributed by atoms with van der Waals surface area (Å²) >= 11 is 0. The van der Waals surface area contributed by atoms with Crippen molar-refractivity contribution in [2.24, 2.45) is 11.8 Å². The predicted molar refractivity (Wildman–Crippen MR) is 133 cm³/mol. The summed E-state index contributed by atoms with van der Waals surface area (Å²) in [5, 5.41) is 3.55. The van der Waals surface area contributed by atoms with Gasteiger partial charge in [-0.2, -0.15) is 0 Å². The molecular formula is C28H31NO7. The molecule has 2 aromatic rings. The Morgan fingerprint density at radius 3 is 2.61 bits per heavy atom. The number of aryl methyl sites for hydroxylation is 1. The molecule has 2 heterocycles. The van der Waals surface area contributed by atoms with Crippen LogP contribution in [0.15, 0.2) is 56.2 Å². The van der Waals surface area contributed by atoms with Crippen LogP contribution in [0.4, 0.5) is 0 Å². The predicted octanol–water partition coefficient (Wildman–Crippen LogP) is 4.06. The number of allylic oxidation sites excluding steroid dienone is 3. The van der Waals surface area contributed by atoms with E-state index in [-0.39, 0.29) is 34.2 Å². The number of carbonyl (C=O) groups is 3. The largest absolute Gasteiger partial charge is 0.468 e. The molecule has 0 saturated heterocycles. The van der Waals surface area contributed by atoms with Gasteiger partial charge in [0, 0.05) is 22.5 Å². The Hall–Kier alpha value is -3.68. The van der Waals surface area contributed by atoms with Gasteiger partial charge in [-0.25, -0.2) is 4.79 Å². The summed E-state index contributed by atoms with van der Waals surface area (Å²) in [7, 11) is 1.24. The number of rotatable bonds is 5. The van der Waals surface area contributed by atoms with Crippen LogP contribution in [0.2, 0.25) is 0 Å². The van der Waals surface area contributed by atoms with Crippen LogP contribution in [0, 0.1) is 18.8 Å². The second-order valence-corrected chi connectivity index (χ2v) is 9.68. The zero-order valence-corrected chi connectivity index (χ0v) is 21.4. The SMILES string of the molecule is CC[C@@H](C)OC(=O)C1=C(C)NC2=C(C(=O)[C@H](C(=O)OC)[C@H](C)C2)[C@@H]1c1coc2ccc(C)cc2c1=O. The first-order valence-corrected chi connectivity index (χ1v) is 12.1. The number of ether oxygens (including phenoxy) is 2. The normalized spacial score (nSPS) is 22.7. The molecule has 0 radical (unpaired) electrons. The molecular weight excluding hydrogens is 462 g/mol. The van der Waals surface area contributed by atoms with Gasteiger partial charge in [-0.1, -0.05) is 25.5 Å². The summed E-state index contributed by atoms with van der Waals surface area (Å²) in [5.74, 6) is -4.17. The van der Waals surface area contributed by atoms with Gasteiger partial charge in [-0.3, -0.25) is 14.4 Å². The number of nitrogens with one attached hydrogen (secondary N) is 1. The number of fused-ring (bicyclic) bond motifs is 1. The zero-order chi connectivity index (χ0) is 26.3. The molecule has 0 spiro atoms. The van der Waals surface area contributed by atoms with Crippen molar-refractivity contribution in [1.82, 2.24) is 5.32 Å². The summed E-state index contributed by atoms with van der Waals surface area (Å²) < 4.78 is 16.4. The Morgan fingerprint density at radius 1 is 1.22 bits per heavy atom. The lowest BCUT2D eigenvalue weighted by atomic mass is 9.69. The van der Waals surface area contributed by atoms with E-state index in [0.717, 1.165) is 5.56 Å². The highest BCUT2D eigenvalue weighted by molar-refractivity contribution is 6.12. The van der Waals surface area contributed by atoms with Gasteiger partial charge in [-0.05, 0) is 51.7 Å². The summed E-state index contributed by atoms with van der Waals surface area (Å²) in [6.45, 7) is 9.06. The average Bonchev–Trinajstić information content (AvgIpc) is 2.83. The fraction of sp³-hybridized carbons (Fsp3) is 0.429. The van der Waals surface area contributed by atoms with Gasteiger partial charge in [0.05, 0.1) is 36.4 Å². The van der Waals surface area contributed by atoms with E-state index < -0.39 is 29.6 Å². The van der Waals surface area contributed by atoms with Gasteiger partial charge in [-0.15, -0.1) is 0 Å². The number of methoxy groups -OCH3 is 1. The van der Waals surface area contributed by atoms with Crippen molar-refractivity contribution in [2.75, 3.05) is 7.11 Å². The van der Waals surface area contributed by atoms with Gasteiger partial charge < -0.3 is 19.2 Å². The first-order valence-electron chi connectivity index (χ1n) is 12.1. The third-order valence-corrected chi connectivity index (χ3v) is 7.11. The maximum atomic E-state index is 13.8. The Bertz CT molecular complexity index is 1380. The highest BCUT2D eigenvalue weighted by atomic mass is 16.5. The lowest BCUT2D eigenvalue weighted by molar-refractivity contribution is -0.151. The van der Waals surface area contributed by atoms with Gasteiger partial charge in [0.1, 0.15) is 11.5 Å². The molecule has 0 saturated carbocycles. The molecule has 1 aliphatic carbocycles. The minimum Gasteiger partial charge on any atom is -0.468 e. The molecule has 0 fully saturated rings. The van der Waals surface area contributed by atoms with E-state index in [0.29, 0.717) is 35.2 Å². The Labute approximate surface area is 209 Å². The smallest absolute Gasteiger partial charge is 0.337 e. The summed E-state index contributed by atoms with van der Waals surface area (Å²) in [6, 6.07) is 5.27. The van der Waals surface area contributed by atoms with E-state index in [1.54, 1.807) is 32.9 Å². The van der Waals surface area contributed by atoms with Crippen molar-refractivity contribution in [3.05, 3.63) is 68.4 Å². The van der Waals surface area contributed by atoms with E-state index in [4.69, 9.17) is 13.9 Å². The Morgan fingerprint density at radius 2 is 1.94 bits per heavy atom. The maximum absolute atomic E-state index is 13.8. The summed E-state index contributed by atoms with van der Waals surface area (Å²) in [4.78, 5) is 53.6. The zero-order valence-electron chi connectivity index (χ0n) is 21.4. The fourth-order valence-corrected chi connectivity index (χ4v) is 5.05. The number of hydrogen-bond donors (Lipinski definition) is 1. The van der Waals surface area contributed by atoms with Crippen molar-refractivity contribution in [1.29, 1.82) is 0 Å².